The van der Waals surface area contributed by atoms with Gasteiger partial charge in [0.1, 0.15) is 5.56 Å². The lowest BCUT2D eigenvalue weighted by atomic mass is 10.3. The average Bonchev–Trinajstić information content (AvgIpc) is 2.77. The van der Waals surface area contributed by atoms with Gasteiger partial charge in [-0.3, -0.25) is 0 Å². The van der Waals surface area contributed by atoms with Crippen molar-refractivity contribution in [2.75, 3.05) is 20.8 Å². The second-order valence-electron chi connectivity index (χ2n) is 3.62. The molecule has 0 saturated heterocycles. The van der Waals surface area contributed by atoms with E-state index in [4.69, 9.17) is 9.47 Å². The largest absolute Gasteiger partial charge is 0.465 e. The fourth-order valence-corrected chi connectivity index (χ4v) is 1.66. The van der Waals surface area contributed by atoms with Crippen LogP contribution in [0.15, 0.2) is 24.5 Å². The zero-order valence-corrected chi connectivity index (χ0v) is 9.84. The van der Waals surface area contributed by atoms with Crippen LogP contribution in [0.3, 0.4) is 0 Å². The van der Waals surface area contributed by atoms with Gasteiger partial charge in [-0.25, -0.2) is 9.78 Å². The quantitative estimate of drug-likeness (QED) is 0.748. The summed E-state index contributed by atoms with van der Waals surface area (Å²) in [6, 6.07) is 3.50. The Balaban J connectivity index is 2.42. The van der Waals surface area contributed by atoms with E-state index in [2.05, 4.69) is 4.98 Å². The molecule has 0 aliphatic heterocycles. The number of carbonyl (C=O) groups excluding carboxylic acids is 1. The van der Waals surface area contributed by atoms with E-state index >= 15 is 0 Å². The Morgan fingerprint density at radius 3 is 3.00 bits per heavy atom. The normalized spacial score (nSPS) is 10.7. The van der Waals surface area contributed by atoms with Crippen molar-refractivity contribution in [1.29, 1.82) is 0 Å². The molecule has 0 aliphatic carbocycles. The van der Waals surface area contributed by atoms with Crippen molar-refractivity contribution in [2.24, 2.45) is 0 Å². The van der Waals surface area contributed by atoms with E-state index in [-0.39, 0.29) is 5.97 Å². The summed E-state index contributed by atoms with van der Waals surface area (Å²) >= 11 is 0. The van der Waals surface area contributed by atoms with Crippen molar-refractivity contribution in [2.45, 2.75) is 6.42 Å². The third kappa shape index (κ3) is 2.29. The van der Waals surface area contributed by atoms with Crippen LogP contribution in [-0.4, -0.2) is 36.2 Å². The average molecular weight is 234 g/mol. The van der Waals surface area contributed by atoms with E-state index in [1.807, 2.05) is 16.8 Å². The maximum absolute atomic E-state index is 11.6. The molecule has 2 rings (SSSR count). The molecule has 90 valence electrons. The highest BCUT2D eigenvalue weighted by molar-refractivity contribution is 5.95. The highest BCUT2D eigenvalue weighted by Gasteiger charge is 2.12. The topological polar surface area (TPSA) is 52.8 Å². The molecule has 0 N–H and O–H groups in total. The standard InChI is InChI=1S/C12H14N2O3/c1-16-7-5-9-8-14-6-3-4-10(11(14)13-9)12(15)17-2/h3-4,6,8H,5,7H2,1-2H3. The molecule has 0 radical (unpaired) electrons. The Bertz CT molecular complexity index is 534. The molecule has 2 heterocycles. The van der Waals surface area contributed by atoms with Gasteiger partial charge < -0.3 is 13.9 Å². The number of rotatable bonds is 4. The lowest BCUT2D eigenvalue weighted by Crippen LogP contribution is -2.03. The molecule has 5 nitrogen and oxygen atoms in total. The Morgan fingerprint density at radius 2 is 2.29 bits per heavy atom. The van der Waals surface area contributed by atoms with Crippen molar-refractivity contribution in [3.05, 3.63) is 35.8 Å². The van der Waals surface area contributed by atoms with Crippen molar-refractivity contribution >= 4 is 11.6 Å². The molecule has 17 heavy (non-hydrogen) atoms. The van der Waals surface area contributed by atoms with Gasteiger partial charge in [-0.2, -0.15) is 0 Å². The summed E-state index contributed by atoms with van der Waals surface area (Å²) in [6.45, 7) is 0.609. The van der Waals surface area contributed by atoms with Crippen molar-refractivity contribution in [3.8, 4) is 0 Å². The molecule has 2 aromatic heterocycles. The zero-order valence-electron chi connectivity index (χ0n) is 9.84. The molecule has 0 bridgehead atoms. The lowest BCUT2D eigenvalue weighted by Gasteiger charge is -2.00. The maximum Gasteiger partial charge on any atom is 0.341 e. The van der Waals surface area contributed by atoms with E-state index in [0.717, 1.165) is 12.1 Å². The number of esters is 1. The number of methoxy groups -OCH3 is 2. The molecular formula is C12H14N2O3. The molecule has 0 atom stereocenters. The number of carbonyl (C=O) groups is 1. The van der Waals surface area contributed by atoms with Crippen LogP contribution in [0.2, 0.25) is 0 Å². The predicted molar refractivity (Wildman–Crippen MR) is 62.1 cm³/mol. The molecule has 0 unspecified atom stereocenters. The summed E-state index contributed by atoms with van der Waals surface area (Å²) in [5, 5.41) is 0. The maximum atomic E-state index is 11.6. The van der Waals surface area contributed by atoms with E-state index in [1.165, 1.54) is 7.11 Å². The Morgan fingerprint density at radius 1 is 1.47 bits per heavy atom. The first-order valence-corrected chi connectivity index (χ1v) is 5.30. The van der Waals surface area contributed by atoms with Crippen LogP contribution in [-0.2, 0) is 15.9 Å². The molecule has 0 saturated carbocycles. The van der Waals surface area contributed by atoms with E-state index in [9.17, 15) is 4.79 Å². The molecule has 5 heteroatoms. The minimum absolute atomic E-state index is 0.375. The molecule has 0 amide bonds. The van der Waals surface area contributed by atoms with Gasteiger partial charge in [0.2, 0.25) is 0 Å². The van der Waals surface area contributed by atoms with E-state index in [0.29, 0.717) is 17.8 Å². The third-order valence-electron chi connectivity index (χ3n) is 2.50. The van der Waals surface area contributed by atoms with Gasteiger partial charge in [-0.05, 0) is 12.1 Å². The van der Waals surface area contributed by atoms with Crippen molar-refractivity contribution in [1.82, 2.24) is 9.38 Å². The van der Waals surface area contributed by atoms with Gasteiger partial charge in [0.15, 0.2) is 5.65 Å². The van der Waals surface area contributed by atoms with Crippen LogP contribution in [0.4, 0.5) is 0 Å². The van der Waals surface area contributed by atoms with Gasteiger partial charge in [0.05, 0.1) is 19.4 Å². The number of imidazole rings is 1. The fraction of sp³-hybridized carbons (Fsp3) is 0.333. The van der Waals surface area contributed by atoms with E-state index in [1.54, 1.807) is 19.2 Å². The smallest absolute Gasteiger partial charge is 0.341 e. The van der Waals surface area contributed by atoms with E-state index < -0.39 is 0 Å². The minimum atomic E-state index is -0.375. The molecule has 0 fully saturated rings. The fourth-order valence-electron chi connectivity index (χ4n) is 1.66. The van der Waals surface area contributed by atoms with Crippen LogP contribution < -0.4 is 0 Å². The molecule has 2 aromatic rings. The number of fused-ring (bicyclic) bond motifs is 1. The first-order valence-electron chi connectivity index (χ1n) is 5.30. The highest BCUT2D eigenvalue weighted by Crippen LogP contribution is 2.12. The number of pyridine rings is 1. The van der Waals surface area contributed by atoms with Crippen LogP contribution in [0, 0.1) is 0 Å². The van der Waals surface area contributed by atoms with Gasteiger partial charge in [0, 0.05) is 25.9 Å². The van der Waals surface area contributed by atoms with Crippen LogP contribution in [0.25, 0.3) is 5.65 Å². The molecule has 0 spiro atoms. The van der Waals surface area contributed by atoms with Crippen LogP contribution in [0.1, 0.15) is 16.1 Å². The van der Waals surface area contributed by atoms with Gasteiger partial charge in [-0.1, -0.05) is 0 Å². The summed E-state index contributed by atoms with van der Waals surface area (Å²) in [7, 11) is 3.01. The molecule has 0 aliphatic rings. The monoisotopic (exact) mass is 234 g/mol. The summed E-state index contributed by atoms with van der Waals surface area (Å²) in [4.78, 5) is 16.0. The zero-order chi connectivity index (χ0) is 12.3. The first-order chi connectivity index (χ1) is 8.26. The van der Waals surface area contributed by atoms with Crippen molar-refractivity contribution < 1.29 is 14.3 Å². The number of nitrogens with zero attached hydrogens (tertiary/aromatic N) is 2. The van der Waals surface area contributed by atoms with Gasteiger partial charge >= 0.3 is 5.97 Å². The Hall–Kier alpha value is -1.88. The number of hydrogen-bond donors (Lipinski definition) is 0. The Kier molecular flexibility index (Phi) is 3.39. The first kappa shape index (κ1) is 11.6. The summed E-state index contributed by atoms with van der Waals surface area (Å²) in [5.41, 5.74) is 1.98. The van der Waals surface area contributed by atoms with Gasteiger partial charge in [0.25, 0.3) is 0 Å². The second-order valence-corrected chi connectivity index (χ2v) is 3.62. The summed E-state index contributed by atoms with van der Waals surface area (Å²) in [6.07, 6.45) is 4.46. The SMILES string of the molecule is COCCc1cn2cccc(C(=O)OC)c2n1. The van der Waals surface area contributed by atoms with Crippen LogP contribution in [0.5, 0.6) is 0 Å². The van der Waals surface area contributed by atoms with Gasteiger partial charge in [-0.15, -0.1) is 0 Å². The molecular weight excluding hydrogens is 220 g/mol. The number of aromatic nitrogens is 2. The summed E-state index contributed by atoms with van der Waals surface area (Å²) < 4.78 is 11.5. The third-order valence-corrected chi connectivity index (χ3v) is 2.50. The van der Waals surface area contributed by atoms with Crippen molar-refractivity contribution in [3.63, 3.8) is 0 Å². The number of ether oxygens (including phenoxy) is 2. The minimum Gasteiger partial charge on any atom is -0.465 e. The van der Waals surface area contributed by atoms with Crippen LogP contribution >= 0.6 is 0 Å². The second kappa shape index (κ2) is 4.97. The summed E-state index contributed by atoms with van der Waals surface area (Å²) in [5.74, 6) is -0.375. The lowest BCUT2D eigenvalue weighted by molar-refractivity contribution is 0.0602. The number of hydrogen-bond acceptors (Lipinski definition) is 4. The Labute approximate surface area is 99.0 Å². The highest BCUT2D eigenvalue weighted by atomic mass is 16.5. The molecule has 0 aromatic carbocycles. The predicted octanol–water partition coefficient (Wildman–Crippen LogP) is 1.31.